The molecule has 0 atom stereocenters. The molecule has 3 nitrogen and oxygen atoms in total. The number of hydrogen-bond donors (Lipinski definition) is 0. The van der Waals surface area contributed by atoms with Gasteiger partial charge < -0.3 is 9.47 Å². The number of ether oxygens (including phenoxy) is 2. The minimum absolute atomic E-state index is 0.201. The van der Waals surface area contributed by atoms with Crippen LogP contribution in [0.15, 0.2) is 12.1 Å². The Labute approximate surface area is 173 Å². The van der Waals surface area contributed by atoms with Crippen LogP contribution >= 0.6 is 0 Å². The third-order valence-electron chi connectivity index (χ3n) is 7.25. The van der Waals surface area contributed by atoms with E-state index in [1.165, 1.54) is 70.6 Å². The Bertz CT molecular complexity index is 690. The van der Waals surface area contributed by atoms with Gasteiger partial charge in [-0.2, -0.15) is 8.78 Å². The number of halogens is 2. The molecule has 2 fully saturated rings. The molecule has 0 amide bonds. The number of carbonyl (C=O) groups excluding carboxylic acids is 1. The Balaban J connectivity index is 1.60. The number of hydrogen-bond acceptors (Lipinski definition) is 3. The van der Waals surface area contributed by atoms with E-state index in [-0.39, 0.29) is 17.4 Å². The zero-order chi connectivity index (χ0) is 20.9. The topological polar surface area (TPSA) is 35.5 Å². The maximum atomic E-state index is 14.1. The zero-order valence-corrected chi connectivity index (χ0v) is 17.8. The fraction of sp³-hybridized carbons (Fsp3) is 0.708. The molecule has 0 spiro atoms. The van der Waals surface area contributed by atoms with Crippen LogP contribution < -0.4 is 9.47 Å². The lowest BCUT2D eigenvalue weighted by atomic mass is 9.59. The van der Waals surface area contributed by atoms with Crippen molar-refractivity contribution >= 4 is 5.97 Å². The molecule has 0 bridgehead atoms. The van der Waals surface area contributed by atoms with Gasteiger partial charge in [0.25, 0.3) is 0 Å². The first-order valence-electron chi connectivity index (χ1n) is 11.2. The molecular weight excluding hydrogens is 374 g/mol. The van der Waals surface area contributed by atoms with Crippen molar-refractivity contribution in [2.75, 3.05) is 7.11 Å². The molecule has 0 heterocycles. The number of carbonyl (C=O) groups is 1. The van der Waals surface area contributed by atoms with Crippen LogP contribution in [0.5, 0.6) is 11.5 Å². The summed E-state index contributed by atoms with van der Waals surface area (Å²) in [6.45, 7) is 2.25. The second-order valence-corrected chi connectivity index (χ2v) is 8.89. The monoisotopic (exact) mass is 408 g/mol. The molecule has 5 heteroatoms. The highest BCUT2D eigenvalue weighted by atomic mass is 19.2. The molecule has 0 saturated heterocycles. The van der Waals surface area contributed by atoms with Crippen molar-refractivity contribution in [2.24, 2.45) is 17.3 Å². The van der Waals surface area contributed by atoms with Crippen molar-refractivity contribution < 1.29 is 23.0 Å². The molecule has 2 aliphatic carbocycles. The van der Waals surface area contributed by atoms with Crippen LogP contribution in [0.3, 0.4) is 0 Å². The van der Waals surface area contributed by atoms with Crippen molar-refractivity contribution in [3.05, 3.63) is 23.8 Å². The molecule has 1 aromatic rings. The second-order valence-electron chi connectivity index (χ2n) is 8.89. The first kappa shape index (κ1) is 22.0. The number of methoxy groups -OCH3 is 1. The van der Waals surface area contributed by atoms with Crippen LogP contribution in [0.25, 0.3) is 0 Å². The van der Waals surface area contributed by atoms with Gasteiger partial charge in [-0.25, -0.2) is 0 Å². The standard InChI is InChI=1S/C24H34F2O3/c1-3-4-14-24(15-6-5-7-16-24)18-10-8-17(9-11-18)23(27)29-20-13-12-19(28-2)21(25)22(20)26/h12-13,17-18H,3-11,14-16H2,1-2H3. The highest BCUT2D eigenvalue weighted by Gasteiger charge is 2.41. The Kier molecular flexibility index (Phi) is 7.53. The summed E-state index contributed by atoms with van der Waals surface area (Å²) in [6, 6.07) is 2.53. The number of esters is 1. The van der Waals surface area contributed by atoms with Gasteiger partial charge in [-0.05, 0) is 68.4 Å². The normalized spacial score (nSPS) is 24.1. The van der Waals surface area contributed by atoms with E-state index in [1.54, 1.807) is 0 Å². The van der Waals surface area contributed by atoms with Gasteiger partial charge in [0.2, 0.25) is 11.6 Å². The number of unbranched alkanes of at least 4 members (excludes halogenated alkanes) is 1. The molecule has 3 rings (SSSR count). The summed E-state index contributed by atoms with van der Waals surface area (Å²) in [4.78, 5) is 12.6. The fourth-order valence-corrected chi connectivity index (χ4v) is 5.53. The van der Waals surface area contributed by atoms with Crippen LogP contribution in [0.4, 0.5) is 8.78 Å². The van der Waals surface area contributed by atoms with Gasteiger partial charge in [0.05, 0.1) is 13.0 Å². The van der Waals surface area contributed by atoms with Crippen LogP contribution in [0.2, 0.25) is 0 Å². The maximum absolute atomic E-state index is 14.1. The Morgan fingerprint density at radius 3 is 2.28 bits per heavy atom. The molecule has 2 saturated carbocycles. The molecule has 2 aliphatic rings. The van der Waals surface area contributed by atoms with E-state index in [0.717, 1.165) is 25.7 Å². The van der Waals surface area contributed by atoms with Gasteiger partial charge in [0.15, 0.2) is 11.5 Å². The van der Waals surface area contributed by atoms with Crippen LogP contribution in [-0.4, -0.2) is 13.1 Å². The third-order valence-corrected chi connectivity index (χ3v) is 7.25. The largest absolute Gasteiger partial charge is 0.494 e. The first-order valence-corrected chi connectivity index (χ1v) is 11.2. The lowest BCUT2D eigenvalue weighted by Gasteiger charge is -2.46. The van der Waals surface area contributed by atoms with Crippen LogP contribution in [0, 0.1) is 28.9 Å². The molecule has 1 aromatic carbocycles. The lowest BCUT2D eigenvalue weighted by molar-refractivity contribution is -0.141. The molecule has 0 unspecified atom stereocenters. The quantitative estimate of drug-likeness (QED) is 0.366. The van der Waals surface area contributed by atoms with Gasteiger partial charge in [0, 0.05) is 0 Å². The predicted octanol–water partition coefficient (Wildman–Crippen LogP) is 6.83. The average molecular weight is 409 g/mol. The third kappa shape index (κ3) is 4.92. The Morgan fingerprint density at radius 1 is 1.03 bits per heavy atom. The van der Waals surface area contributed by atoms with Gasteiger partial charge in [-0.3, -0.25) is 4.79 Å². The van der Waals surface area contributed by atoms with E-state index in [2.05, 4.69) is 6.92 Å². The number of rotatable bonds is 7. The highest BCUT2D eigenvalue weighted by Crippen LogP contribution is 2.52. The van der Waals surface area contributed by atoms with E-state index in [9.17, 15) is 13.6 Å². The molecule has 29 heavy (non-hydrogen) atoms. The maximum Gasteiger partial charge on any atom is 0.314 e. The van der Waals surface area contributed by atoms with Crippen LogP contribution in [-0.2, 0) is 4.79 Å². The molecule has 0 aromatic heterocycles. The summed E-state index contributed by atoms with van der Waals surface area (Å²) in [5.74, 6) is -2.87. The van der Waals surface area contributed by atoms with Gasteiger partial charge >= 0.3 is 5.97 Å². The van der Waals surface area contributed by atoms with Crippen LogP contribution in [0.1, 0.15) is 84.0 Å². The summed E-state index contributed by atoms with van der Waals surface area (Å²) >= 11 is 0. The molecule has 0 aliphatic heterocycles. The average Bonchev–Trinajstić information content (AvgIpc) is 2.76. The van der Waals surface area contributed by atoms with Crippen molar-refractivity contribution in [3.63, 3.8) is 0 Å². The summed E-state index contributed by atoms with van der Waals surface area (Å²) < 4.78 is 38.0. The minimum Gasteiger partial charge on any atom is -0.494 e. The summed E-state index contributed by atoms with van der Waals surface area (Å²) in [5.41, 5.74) is 0.453. The van der Waals surface area contributed by atoms with E-state index in [1.807, 2.05) is 0 Å². The summed E-state index contributed by atoms with van der Waals surface area (Å²) in [7, 11) is 1.27. The number of benzene rings is 1. The highest BCUT2D eigenvalue weighted by molar-refractivity contribution is 5.75. The SMILES string of the molecule is CCCCC1(C2CCC(C(=O)Oc3ccc(OC)c(F)c3F)CC2)CCCCC1. The second kappa shape index (κ2) is 9.90. The van der Waals surface area contributed by atoms with E-state index in [0.29, 0.717) is 11.3 Å². The smallest absolute Gasteiger partial charge is 0.314 e. The Morgan fingerprint density at radius 2 is 1.66 bits per heavy atom. The lowest BCUT2D eigenvalue weighted by Crippen LogP contribution is -2.37. The first-order chi connectivity index (χ1) is 14.0. The van der Waals surface area contributed by atoms with Crippen molar-refractivity contribution in [1.82, 2.24) is 0 Å². The van der Waals surface area contributed by atoms with E-state index >= 15 is 0 Å². The summed E-state index contributed by atoms with van der Waals surface area (Å²) in [5, 5.41) is 0. The van der Waals surface area contributed by atoms with E-state index < -0.39 is 17.6 Å². The fourth-order valence-electron chi connectivity index (χ4n) is 5.53. The predicted molar refractivity (Wildman–Crippen MR) is 109 cm³/mol. The summed E-state index contributed by atoms with van der Waals surface area (Å²) in [6.07, 6.45) is 14.1. The molecular formula is C24H34F2O3. The van der Waals surface area contributed by atoms with Gasteiger partial charge in [-0.15, -0.1) is 0 Å². The van der Waals surface area contributed by atoms with Crippen molar-refractivity contribution in [1.29, 1.82) is 0 Å². The molecule has 0 N–H and O–H groups in total. The Hall–Kier alpha value is -1.65. The molecule has 162 valence electrons. The zero-order valence-electron chi connectivity index (χ0n) is 17.8. The van der Waals surface area contributed by atoms with Gasteiger partial charge in [0.1, 0.15) is 0 Å². The van der Waals surface area contributed by atoms with Crippen molar-refractivity contribution in [2.45, 2.75) is 84.0 Å². The van der Waals surface area contributed by atoms with Crippen molar-refractivity contribution in [3.8, 4) is 11.5 Å². The molecule has 0 radical (unpaired) electrons. The van der Waals surface area contributed by atoms with Gasteiger partial charge in [-0.1, -0.05) is 39.0 Å². The minimum atomic E-state index is -1.17. The van der Waals surface area contributed by atoms with E-state index in [4.69, 9.17) is 9.47 Å².